The summed E-state index contributed by atoms with van der Waals surface area (Å²) in [5.74, 6) is 0. The first-order valence-electron chi connectivity index (χ1n) is 7.70. The Morgan fingerprint density at radius 1 is 0.850 bits per heavy atom. The minimum absolute atomic E-state index is 0.443. The fourth-order valence-electron chi connectivity index (χ4n) is 4.01. The predicted molar refractivity (Wildman–Crippen MR) is 86.8 cm³/mol. The normalized spacial score (nSPS) is 22.4. The SMILES string of the molecule is Cc1c(C)c(C)c2c(c1C)c(C)c1n2C(C)CN[C@@H]1C. The Morgan fingerprint density at radius 3 is 2.10 bits per heavy atom. The largest absolute Gasteiger partial charge is 0.338 e. The van der Waals surface area contributed by atoms with E-state index in [1.165, 1.54) is 44.4 Å². The first-order valence-corrected chi connectivity index (χ1v) is 7.70. The summed E-state index contributed by atoms with van der Waals surface area (Å²) in [6.07, 6.45) is 0. The van der Waals surface area contributed by atoms with E-state index >= 15 is 0 Å². The van der Waals surface area contributed by atoms with Crippen LogP contribution in [0.25, 0.3) is 10.9 Å². The van der Waals surface area contributed by atoms with Gasteiger partial charge in [0.15, 0.2) is 0 Å². The molecular weight excluding hydrogens is 244 g/mol. The summed E-state index contributed by atoms with van der Waals surface area (Å²) in [4.78, 5) is 0. The number of fused-ring (bicyclic) bond motifs is 3. The Labute approximate surface area is 122 Å². The molecule has 0 bridgehead atoms. The van der Waals surface area contributed by atoms with E-state index in [1.54, 1.807) is 0 Å². The molecule has 2 atom stereocenters. The summed E-state index contributed by atoms with van der Waals surface area (Å²) < 4.78 is 2.60. The first-order chi connectivity index (χ1) is 9.36. The molecule has 20 heavy (non-hydrogen) atoms. The highest BCUT2D eigenvalue weighted by Crippen LogP contribution is 2.40. The van der Waals surface area contributed by atoms with Gasteiger partial charge in [-0.3, -0.25) is 0 Å². The van der Waals surface area contributed by atoms with Crippen molar-refractivity contribution in [2.75, 3.05) is 6.54 Å². The number of nitrogens with zero attached hydrogens (tertiary/aromatic N) is 1. The van der Waals surface area contributed by atoms with Crippen LogP contribution in [0.2, 0.25) is 0 Å². The van der Waals surface area contributed by atoms with Crippen molar-refractivity contribution in [3.8, 4) is 0 Å². The monoisotopic (exact) mass is 270 g/mol. The Bertz CT molecular complexity index is 707. The van der Waals surface area contributed by atoms with Crippen molar-refractivity contribution in [2.45, 2.75) is 60.5 Å². The minimum atomic E-state index is 0.443. The van der Waals surface area contributed by atoms with Crippen LogP contribution < -0.4 is 5.32 Å². The second kappa shape index (κ2) is 4.36. The number of rotatable bonds is 0. The van der Waals surface area contributed by atoms with Crippen molar-refractivity contribution in [3.05, 3.63) is 33.5 Å². The predicted octanol–water partition coefficient (Wildman–Crippen LogP) is 4.41. The van der Waals surface area contributed by atoms with E-state index in [2.05, 4.69) is 58.4 Å². The Kier molecular flexibility index (Phi) is 2.98. The number of nitrogens with one attached hydrogen (secondary N) is 1. The summed E-state index contributed by atoms with van der Waals surface area (Å²) in [5.41, 5.74) is 10.2. The van der Waals surface area contributed by atoms with Crippen LogP contribution in [-0.4, -0.2) is 11.1 Å². The topological polar surface area (TPSA) is 17.0 Å². The molecule has 108 valence electrons. The van der Waals surface area contributed by atoms with Gasteiger partial charge in [-0.2, -0.15) is 0 Å². The van der Waals surface area contributed by atoms with Crippen molar-refractivity contribution in [1.82, 2.24) is 9.88 Å². The van der Waals surface area contributed by atoms with Gasteiger partial charge in [0.05, 0.1) is 5.52 Å². The Balaban J connectivity index is 2.56. The van der Waals surface area contributed by atoms with Crippen LogP contribution >= 0.6 is 0 Å². The van der Waals surface area contributed by atoms with E-state index in [0.29, 0.717) is 12.1 Å². The van der Waals surface area contributed by atoms with Gasteiger partial charge in [-0.05, 0) is 76.3 Å². The molecule has 1 aliphatic rings. The van der Waals surface area contributed by atoms with Gasteiger partial charge in [0.25, 0.3) is 0 Å². The fourth-order valence-corrected chi connectivity index (χ4v) is 4.01. The van der Waals surface area contributed by atoms with Gasteiger partial charge >= 0.3 is 0 Å². The van der Waals surface area contributed by atoms with Crippen LogP contribution in [0.4, 0.5) is 0 Å². The zero-order chi connectivity index (χ0) is 14.8. The van der Waals surface area contributed by atoms with E-state index in [9.17, 15) is 0 Å². The molecule has 1 unspecified atom stereocenters. The molecule has 0 saturated heterocycles. The molecule has 1 N–H and O–H groups in total. The van der Waals surface area contributed by atoms with Crippen molar-refractivity contribution >= 4 is 10.9 Å². The molecule has 0 aliphatic carbocycles. The molecular formula is C18H26N2. The molecule has 1 aromatic heterocycles. The molecule has 1 aromatic carbocycles. The minimum Gasteiger partial charge on any atom is -0.338 e. The lowest BCUT2D eigenvalue weighted by molar-refractivity contribution is 0.389. The van der Waals surface area contributed by atoms with E-state index in [1.807, 2.05) is 0 Å². The maximum absolute atomic E-state index is 3.64. The van der Waals surface area contributed by atoms with Crippen LogP contribution in [0.5, 0.6) is 0 Å². The number of hydrogen-bond acceptors (Lipinski definition) is 1. The van der Waals surface area contributed by atoms with Crippen molar-refractivity contribution in [2.24, 2.45) is 0 Å². The average molecular weight is 270 g/mol. The number of benzene rings is 1. The highest BCUT2D eigenvalue weighted by molar-refractivity contribution is 5.93. The Morgan fingerprint density at radius 2 is 1.45 bits per heavy atom. The van der Waals surface area contributed by atoms with Gasteiger partial charge in [-0.1, -0.05) is 0 Å². The van der Waals surface area contributed by atoms with Crippen LogP contribution in [0.1, 0.15) is 59.4 Å². The molecule has 2 heterocycles. The summed E-state index contributed by atoms with van der Waals surface area (Å²) >= 11 is 0. The number of hydrogen-bond donors (Lipinski definition) is 1. The molecule has 2 aromatic rings. The lowest BCUT2D eigenvalue weighted by Gasteiger charge is -2.30. The Hall–Kier alpha value is -1.28. The molecule has 0 fully saturated rings. The summed E-state index contributed by atoms with van der Waals surface area (Å²) in [5, 5.41) is 5.13. The molecule has 1 aliphatic heterocycles. The lowest BCUT2D eigenvalue weighted by Crippen LogP contribution is -2.34. The smallest absolute Gasteiger partial charge is 0.0524 e. The first kappa shape index (κ1) is 13.7. The van der Waals surface area contributed by atoms with Crippen LogP contribution in [0, 0.1) is 34.6 Å². The van der Waals surface area contributed by atoms with E-state index in [-0.39, 0.29) is 0 Å². The number of aromatic nitrogens is 1. The molecule has 0 saturated carbocycles. The quantitative estimate of drug-likeness (QED) is 0.750. The van der Waals surface area contributed by atoms with Gasteiger partial charge in [0, 0.05) is 29.7 Å². The summed E-state index contributed by atoms with van der Waals surface area (Å²) in [6.45, 7) is 17.1. The average Bonchev–Trinajstić information content (AvgIpc) is 2.73. The fraction of sp³-hybridized carbons (Fsp3) is 0.556. The third-order valence-corrected chi connectivity index (χ3v) is 5.48. The van der Waals surface area contributed by atoms with Gasteiger partial charge in [-0.15, -0.1) is 0 Å². The maximum atomic E-state index is 3.64. The molecule has 3 rings (SSSR count). The maximum Gasteiger partial charge on any atom is 0.0524 e. The summed E-state index contributed by atoms with van der Waals surface area (Å²) in [6, 6.07) is 0.968. The molecule has 2 nitrogen and oxygen atoms in total. The molecule has 0 amide bonds. The molecule has 0 spiro atoms. The van der Waals surface area contributed by atoms with E-state index in [4.69, 9.17) is 0 Å². The third kappa shape index (κ3) is 1.54. The van der Waals surface area contributed by atoms with Gasteiger partial charge in [-0.25, -0.2) is 0 Å². The van der Waals surface area contributed by atoms with Crippen LogP contribution in [-0.2, 0) is 0 Å². The molecule has 0 radical (unpaired) electrons. The highest BCUT2D eigenvalue weighted by Gasteiger charge is 2.28. The highest BCUT2D eigenvalue weighted by atomic mass is 15.1. The van der Waals surface area contributed by atoms with E-state index < -0.39 is 0 Å². The summed E-state index contributed by atoms with van der Waals surface area (Å²) in [7, 11) is 0. The second-order valence-corrected chi connectivity index (χ2v) is 6.58. The van der Waals surface area contributed by atoms with Crippen molar-refractivity contribution < 1.29 is 0 Å². The van der Waals surface area contributed by atoms with E-state index in [0.717, 1.165) is 6.54 Å². The van der Waals surface area contributed by atoms with Crippen LogP contribution in [0.15, 0.2) is 0 Å². The van der Waals surface area contributed by atoms with Gasteiger partial charge in [0.1, 0.15) is 0 Å². The van der Waals surface area contributed by atoms with Crippen LogP contribution in [0.3, 0.4) is 0 Å². The second-order valence-electron chi connectivity index (χ2n) is 6.58. The standard InChI is InChI=1S/C18H26N2/c1-9-8-19-15(7)17-14(6)16-12(4)10(2)11(3)13(5)18(16)20(9)17/h9,15,19H,8H2,1-7H3/t9?,15-/m1/s1. The van der Waals surface area contributed by atoms with Gasteiger partial charge in [0.2, 0.25) is 0 Å². The zero-order valence-electron chi connectivity index (χ0n) is 13.8. The lowest BCUT2D eigenvalue weighted by atomic mass is 9.93. The third-order valence-electron chi connectivity index (χ3n) is 5.48. The zero-order valence-corrected chi connectivity index (χ0v) is 13.8. The molecule has 2 heteroatoms. The van der Waals surface area contributed by atoms with Gasteiger partial charge < -0.3 is 9.88 Å². The van der Waals surface area contributed by atoms with Crippen molar-refractivity contribution in [1.29, 1.82) is 0 Å². The number of aryl methyl sites for hydroxylation is 3. The van der Waals surface area contributed by atoms with Crippen molar-refractivity contribution in [3.63, 3.8) is 0 Å².